The number of hydrogen-bond acceptors (Lipinski definition) is 4. The van der Waals surface area contributed by atoms with Gasteiger partial charge in [-0.3, -0.25) is 9.48 Å². The molecular formula is C16H22ClN5O. The minimum absolute atomic E-state index is 0. The van der Waals surface area contributed by atoms with Crippen molar-refractivity contribution in [3.8, 4) is 0 Å². The van der Waals surface area contributed by atoms with Crippen molar-refractivity contribution in [2.45, 2.75) is 18.4 Å². The van der Waals surface area contributed by atoms with Crippen molar-refractivity contribution in [2.75, 3.05) is 25.0 Å². The number of benzene rings is 1. The van der Waals surface area contributed by atoms with Crippen LogP contribution in [0, 0.1) is 0 Å². The minimum atomic E-state index is -0.362. The Morgan fingerprint density at radius 3 is 2.83 bits per heavy atom. The van der Waals surface area contributed by atoms with Crippen LogP contribution in [0.4, 0.5) is 5.82 Å². The lowest BCUT2D eigenvalue weighted by Crippen LogP contribution is -2.27. The SMILES string of the molecule is Cl.NCC(C(=O)Nc1ccn(C2CCNC2)n1)c1ccccc1. The normalized spacial score (nSPS) is 18.2. The van der Waals surface area contributed by atoms with E-state index in [-0.39, 0.29) is 30.8 Å². The van der Waals surface area contributed by atoms with Crippen LogP contribution < -0.4 is 16.4 Å². The van der Waals surface area contributed by atoms with Gasteiger partial charge in [0.05, 0.1) is 12.0 Å². The van der Waals surface area contributed by atoms with E-state index in [1.807, 2.05) is 47.3 Å². The number of carbonyl (C=O) groups is 1. The van der Waals surface area contributed by atoms with Crippen LogP contribution in [0.3, 0.4) is 0 Å². The average Bonchev–Trinajstić information content (AvgIpc) is 3.20. The molecule has 1 aromatic heterocycles. The molecule has 0 saturated carbocycles. The molecule has 2 aromatic rings. The number of nitrogens with zero attached hydrogens (tertiary/aromatic N) is 2. The summed E-state index contributed by atoms with van der Waals surface area (Å²) in [6.07, 6.45) is 2.97. The molecule has 1 saturated heterocycles. The van der Waals surface area contributed by atoms with E-state index in [9.17, 15) is 4.79 Å². The zero-order valence-electron chi connectivity index (χ0n) is 12.8. The van der Waals surface area contributed by atoms with Crippen LogP contribution in [0.5, 0.6) is 0 Å². The fourth-order valence-electron chi connectivity index (χ4n) is 2.77. The van der Waals surface area contributed by atoms with Crippen LogP contribution in [0.15, 0.2) is 42.6 Å². The van der Waals surface area contributed by atoms with Gasteiger partial charge in [-0.15, -0.1) is 12.4 Å². The Balaban J connectivity index is 0.00000192. The first kappa shape index (κ1) is 17.5. The molecular weight excluding hydrogens is 314 g/mol. The standard InChI is InChI=1S/C16H21N5O.ClH/c17-10-14(12-4-2-1-3-5-12)16(22)19-15-7-9-21(20-15)13-6-8-18-11-13;/h1-5,7,9,13-14,18H,6,8,10-11,17H2,(H,19,20,22);1H. The molecule has 23 heavy (non-hydrogen) atoms. The smallest absolute Gasteiger partial charge is 0.234 e. The van der Waals surface area contributed by atoms with Crippen LogP contribution in [-0.4, -0.2) is 35.3 Å². The van der Waals surface area contributed by atoms with Gasteiger partial charge in [0.15, 0.2) is 5.82 Å². The van der Waals surface area contributed by atoms with E-state index in [1.165, 1.54) is 0 Å². The second-order valence-electron chi connectivity index (χ2n) is 5.52. The van der Waals surface area contributed by atoms with Gasteiger partial charge in [-0.05, 0) is 18.5 Å². The number of aromatic nitrogens is 2. The molecule has 2 unspecified atom stereocenters. The van der Waals surface area contributed by atoms with Gasteiger partial charge in [0.1, 0.15) is 0 Å². The lowest BCUT2D eigenvalue weighted by molar-refractivity contribution is -0.117. The molecule has 1 aromatic carbocycles. The van der Waals surface area contributed by atoms with Gasteiger partial charge in [-0.1, -0.05) is 30.3 Å². The van der Waals surface area contributed by atoms with Gasteiger partial charge in [-0.25, -0.2) is 0 Å². The Morgan fingerprint density at radius 1 is 1.39 bits per heavy atom. The van der Waals surface area contributed by atoms with Gasteiger partial charge >= 0.3 is 0 Å². The highest BCUT2D eigenvalue weighted by atomic mass is 35.5. The van der Waals surface area contributed by atoms with Crippen molar-refractivity contribution < 1.29 is 4.79 Å². The number of nitrogens with one attached hydrogen (secondary N) is 2. The van der Waals surface area contributed by atoms with Gasteiger partial charge in [0.25, 0.3) is 0 Å². The molecule has 7 heteroatoms. The highest BCUT2D eigenvalue weighted by Crippen LogP contribution is 2.19. The van der Waals surface area contributed by atoms with Crippen molar-refractivity contribution in [3.63, 3.8) is 0 Å². The van der Waals surface area contributed by atoms with E-state index in [1.54, 1.807) is 0 Å². The summed E-state index contributed by atoms with van der Waals surface area (Å²) in [5.41, 5.74) is 6.69. The topological polar surface area (TPSA) is 85.0 Å². The van der Waals surface area contributed by atoms with Crippen molar-refractivity contribution in [1.82, 2.24) is 15.1 Å². The maximum absolute atomic E-state index is 12.4. The van der Waals surface area contributed by atoms with Crippen LogP contribution in [0.2, 0.25) is 0 Å². The molecule has 0 spiro atoms. The number of rotatable bonds is 5. The summed E-state index contributed by atoms with van der Waals surface area (Å²) < 4.78 is 1.91. The molecule has 1 fully saturated rings. The molecule has 1 aliphatic rings. The van der Waals surface area contributed by atoms with E-state index >= 15 is 0 Å². The second kappa shape index (κ2) is 8.10. The molecule has 4 N–H and O–H groups in total. The summed E-state index contributed by atoms with van der Waals surface area (Å²) in [6.45, 7) is 2.20. The van der Waals surface area contributed by atoms with E-state index in [4.69, 9.17) is 5.73 Å². The number of nitrogens with two attached hydrogens (primary N) is 1. The van der Waals surface area contributed by atoms with Gasteiger partial charge in [0, 0.05) is 25.4 Å². The Bertz CT molecular complexity index is 624. The van der Waals surface area contributed by atoms with E-state index in [0.29, 0.717) is 11.9 Å². The summed E-state index contributed by atoms with van der Waals surface area (Å²) >= 11 is 0. The van der Waals surface area contributed by atoms with E-state index in [2.05, 4.69) is 15.7 Å². The first-order valence-electron chi connectivity index (χ1n) is 7.59. The summed E-state index contributed by atoms with van der Waals surface area (Å²) in [6, 6.07) is 11.8. The Morgan fingerprint density at radius 2 is 2.17 bits per heavy atom. The van der Waals surface area contributed by atoms with Crippen molar-refractivity contribution in [3.05, 3.63) is 48.2 Å². The van der Waals surface area contributed by atoms with Crippen LogP contribution in [-0.2, 0) is 4.79 Å². The zero-order valence-corrected chi connectivity index (χ0v) is 13.6. The molecule has 0 bridgehead atoms. The second-order valence-corrected chi connectivity index (χ2v) is 5.52. The molecule has 1 amide bonds. The predicted octanol–water partition coefficient (Wildman–Crippen LogP) is 1.52. The van der Waals surface area contributed by atoms with Gasteiger partial charge in [-0.2, -0.15) is 5.10 Å². The first-order chi connectivity index (χ1) is 10.8. The van der Waals surface area contributed by atoms with E-state index in [0.717, 1.165) is 25.1 Å². The number of hydrogen-bond donors (Lipinski definition) is 3. The minimum Gasteiger partial charge on any atom is -0.329 e. The molecule has 0 aliphatic carbocycles. The molecule has 2 heterocycles. The Labute approximate surface area is 141 Å². The third kappa shape index (κ3) is 4.10. The number of carbonyl (C=O) groups excluding carboxylic acids is 1. The van der Waals surface area contributed by atoms with Crippen molar-refractivity contribution in [2.24, 2.45) is 5.73 Å². The number of halogens is 1. The molecule has 2 atom stereocenters. The highest BCUT2D eigenvalue weighted by Gasteiger charge is 2.21. The highest BCUT2D eigenvalue weighted by molar-refractivity contribution is 5.95. The van der Waals surface area contributed by atoms with Crippen molar-refractivity contribution in [1.29, 1.82) is 0 Å². The van der Waals surface area contributed by atoms with E-state index < -0.39 is 0 Å². The molecule has 6 nitrogen and oxygen atoms in total. The van der Waals surface area contributed by atoms with Crippen LogP contribution in [0.1, 0.15) is 23.9 Å². The lowest BCUT2D eigenvalue weighted by Gasteiger charge is -2.14. The first-order valence-corrected chi connectivity index (χ1v) is 7.59. The quantitative estimate of drug-likeness (QED) is 0.773. The number of anilines is 1. The third-order valence-corrected chi connectivity index (χ3v) is 4.02. The Kier molecular flexibility index (Phi) is 6.15. The number of amides is 1. The molecule has 1 aliphatic heterocycles. The van der Waals surface area contributed by atoms with Gasteiger partial charge in [0.2, 0.25) is 5.91 Å². The van der Waals surface area contributed by atoms with Crippen molar-refractivity contribution >= 4 is 24.1 Å². The maximum atomic E-state index is 12.4. The molecule has 0 radical (unpaired) electrons. The summed E-state index contributed by atoms with van der Waals surface area (Å²) in [5, 5.41) is 10.6. The average molecular weight is 336 g/mol. The summed E-state index contributed by atoms with van der Waals surface area (Å²) in [7, 11) is 0. The zero-order chi connectivity index (χ0) is 15.4. The lowest BCUT2D eigenvalue weighted by atomic mass is 9.98. The predicted molar refractivity (Wildman–Crippen MR) is 92.9 cm³/mol. The molecule has 3 rings (SSSR count). The Hall–Kier alpha value is -1.89. The fraction of sp³-hybridized carbons (Fsp3) is 0.375. The summed E-state index contributed by atoms with van der Waals surface area (Å²) in [4.78, 5) is 12.4. The third-order valence-electron chi connectivity index (χ3n) is 4.02. The van der Waals surface area contributed by atoms with Gasteiger partial charge < -0.3 is 16.4 Å². The monoisotopic (exact) mass is 335 g/mol. The summed E-state index contributed by atoms with van der Waals surface area (Å²) in [5.74, 6) is 0.0919. The van der Waals surface area contributed by atoms with Crippen LogP contribution >= 0.6 is 12.4 Å². The largest absolute Gasteiger partial charge is 0.329 e. The fourth-order valence-corrected chi connectivity index (χ4v) is 2.77. The maximum Gasteiger partial charge on any atom is 0.234 e. The van der Waals surface area contributed by atoms with Crippen LogP contribution in [0.25, 0.3) is 0 Å². The molecule has 124 valence electrons.